The number of aliphatic imine (C=N–C) groups is 1. The Bertz CT molecular complexity index is 1190. The second-order valence-electron chi connectivity index (χ2n) is 7.51. The number of carbonyl (C=O) groups excluding carboxylic acids is 2. The molecule has 0 unspecified atom stereocenters. The van der Waals surface area contributed by atoms with Crippen molar-refractivity contribution in [2.75, 3.05) is 39.1 Å². The van der Waals surface area contributed by atoms with Crippen LogP contribution in [0.3, 0.4) is 0 Å². The van der Waals surface area contributed by atoms with Gasteiger partial charge in [-0.05, 0) is 50.8 Å². The van der Waals surface area contributed by atoms with Gasteiger partial charge in [0.2, 0.25) is 5.95 Å². The predicted molar refractivity (Wildman–Crippen MR) is 115 cm³/mol. The summed E-state index contributed by atoms with van der Waals surface area (Å²) in [7, 11) is 3.91. The van der Waals surface area contributed by atoms with Gasteiger partial charge in [-0.2, -0.15) is 0 Å². The van der Waals surface area contributed by atoms with E-state index < -0.39 is 11.9 Å². The van der Waals surface area contributed by atoms with E-state index in [1.165, 1.54) is 18.2 Å². The van der Waals surface area contributed by atoms with Crippen molar-refractivity contribution in [3.63, 3.8) is 0 Å². The summed E-state index contributed by atoms with van der Waals surface area (Å²) in [6.45, 7) is 1.15. The van der Waals surface area contributed by atoms with Gasteiger partial charge in [-0.1, -0.05) is 6.07 Å². The van der Waals surface area contributed by atoms with Gasteiger partial charge in [0, 0.05) is 23.2 Å². The first-order valence-corrected chi connectivity index (χ1v) is 9.87. The van der Waals surface area contributed by atoms with Gasteiger partial charge in [0.25, 0.3) is 0 Å². The first kappa shape index (κ1) is 20.7. The maximum atomic E-state index is 13.8. The van der Waals surface area contributed by atoms with E-state index in [4.69, 9.17) is 4.74 Å². The Morgan fingerprint density at radius 2 is 2.06 bits per heavy atom. The van der Waals surface area contributed by atoms with Crippen molar-refractivity contribution in [1.82, 2.24) is 14.9 Å². The number of rotatable bonds is 6. The molecule has 2 heterocycles. The lowest BCUT2D eigenvalue weighted by Gasteiger charge is -2.16. The smallest absolute Gasteiger partial charge is 0.413 e. The van der Waals surface area contributed by atoms with Crippen LogP contribution in [0.25, 0.3) is 11.0 Å². The van der Waals surface area contributed by atoms with Crippen LogP contribution < -0.4 is 5.32 Å². The van der Waals surface area contributed by atoms with Gasteiger partial charge in [-0.25, -0.2) is 14.2 Å². The molecule has 1 amide bonds. The van der Waals surface area contributed by atoms with E-state index in [1.807, 2.05) is 19.0 Å². The highest BCUT2D eigenvalue weighted by Crippen LogP contribution is 2.24. The van der Waals surface area contributed by atoms with E-state index in [0.29, 0.717) is 40.0 Å². The van der Waals surface area contributed by atoms with Gasteiger partial charge in [-0.15, -0.1) is 0 Å². The average molecular weight is 423 g/mol. The summed E-state index contributed by atoms with van der Waals surface area (Å²) in [5.74, 6) is -0.312. The molecule has 8 nitrogen and oxygen atoms in total. The number of ether oxygens (including phenoxy) is 1. The minimum Gasteiger partial charge on any atom is -0.449 e. The molecule has 0 atom stereocenters. The summed E-state index contributed by atoms with van der Waals surface area (Å²) in [6.07, 6.45) is 0.147. The number of nitrogens with zero attached hydrogens (tertiary/aromatic N) is 3. The van der Waals surface area contributed by atoms with E-state index in [0.717, 1.165) is 13.0 Å². The molecule has 4 rings (SSSR count). The van der Waals surface area contributed by atoms with Crippen LogP contribution in [0.4, 0.5) is 15.1 Å². The number of hydrogen-bond donors (Lipinski definition) is 2. The van der Waals surface area contributed by atoms with E-state index in [1.54, 1.807) is 18.2 Å². The molecule has 2 aromatic carbocycles. The normalized spacial score (nSPS) is 13.3. The van der Waals surface area contributed by atoms with Crippen molar-refractivity contribution in [2.24, 2.45) is 4.99 Å². The number of imidazole rings is 1. The Balaban J connectivity index is 1.52. The third-order valence-electron chi connectivity index (χ3n) is 4.88. The van der Waals surface area contributed by atoms with Crippen molar-refractivity contribution >= 4 is 34.6 Å². The minimum absolute atomic E-state index is 0.0153. The van der Waals surface area contributed by atoms with Crippen molar-refractivity contribution in [1.29, 1.82) is 0 Å². The van der Waals surface area contributed by atoms with E-state index in [9.17, 15) is 14.0 Å². The number of H-pyrrole nitrogens is 1. The number of ketones is 1. The van der Waals surface area contributed by atoms with Gasteiger partial charge in [-0.3, -0.25) is 15.1 Å². The highest BCUT2D eigenvalue weighted by atomic mass is 19.1. The molecule has 1 aromatic heterocycles. The maximum absolute atomic E-state index is 13.8. The maximum Gasteiger partial charge on any atom is 0.413 e. The molecule has 0 fully saturated rings. The molecular weight excluding hydrogens is 401 g/mol. The summed E-state index contributed by atoms with van der Waals surface area (Å²) in [6, 6.07) is 9.46. The SMILES string of the molecule is CN(C)CCCOC(=O)Nc1nc2ccc(C3=NCC(=O)c4ccc(F)cc43)cc2[nH]1. The van der Waals surface area contributed by atoms with Gasteiger partial charge in [0.05, 0.1) is 23.4 Å². The first-order chi connectivity index (χ1) is 14.9. The number of amides is 1. The first-order valence-electron chi connectivity index (χ1n) is 9.87. The highest BCUT2D eigenvalue weighted by molar-refractivity contribution is 6.22. The van der Waals surface area contributed by atoms with Crippen LogP contribution in [0.15, 0.2) is 41.4 Å². The third-order valence-corrected chi connectivity index (χ3v) is 4.88. The molecule has 160 valence electrons. The number of fused-ring (bicyclic) bond motifs is 2. The van der Waals surface area contributed by atoms with Crippen molar-refractivity contribution < 1.29 is 18.7 Å². The minimum atomic E-state index is -0.586. The number of anilines is 1. The summed E-state index contributed by atoms with van der Waals surface area (Å²) in [5.41, 5.74) is 3.48. The molecule has 31 heavy (non-hydrogen) atoms. The second kappa shape index (κ2) is 8.65. The molecule has 9 heteroatoms. The Morgan fingerprint density at radius 1 is 1.23 bits per heavy atom. The molecule has 3 aromatic rings. The molecule has 1 aliphatic heterocycles. The van der Waals surface area contributed by atoms with Crippen LogP contribution in [0, 0.1) is 5.82 Å². The van der Waals surface area contributed by atoms with Crippen LogP contribution >= 0.6 is 0 Å². The van der Waals surface area contributed by atoms with E-state index >= 15 is 0 Å². The number of carbonyl (C=O) groups is 2. The number of aromatic amines is 1. The third kappa shape index (κ3) is 4.61. The van der Waals surface area contributed by atoms with Crippen LogP contribution in [0.1, 0.15) is 27.9 Å². The lowest BCUT2D eigenvalue weighted by Crippen LogP contribution is -2.20. The Morgan fingerprint density at radius 3 is 2.87 bits per heavy atom. The van der Waals surface area contributed by atoms with Gasteiger partial charge in [0.15, 0.2) is 5.78 Å². The predicted octanol–water partition coefficient (Wildman–Crippen LogP) is 3.24. The number of benzene rings is 2. The van der Waals surface area contributed by atoms with Crippen LogP contribution in [0.5, 0.6) is 0 Å². The van der Waals surface area contributed by atoms with Crippen molar-refractivity contribution in [2.45, 2.75) is 6.42 Å². The van der Waals surface area contributed by atoms with Gasteiger partial charge >= 0.3 is 6.09 Å². The molecule has 0 saturated heterocycles. The zero-order valence-electron chi connectivity index (χ0n) is 17.2. The Hall–Kier alpha value is -3.59. The number of Topliss-reactive ketones (excluding diaryl/α,β-unsaturated/α-hetero) is 1. The van der Waals surface area contributed by atoms with Crippen molar-refractivity contribution in [3.8, 4) is 0 Å². The van der Waals surface area contributed by atoms with Crippen molar-refractivity contribution in [3.05, 3.63) is 58.9 Å². The van der Waals surface area contributed by atoms with E-state index in [-0.39, 0.29) is 18.3 Å². The molecule has 1 aliphatic rings. The second-order valence-corrected chi connectivity index (χ2v) is 7.51. The molecule has 0 bridgehead atoms. The lowest BCUT2D eigenvalue weighted by molar-refractivity contribution is 0.1000. The van der Waals surface area contributed by atoms with Crippen LogP contribution in [0.2, 0.25) is 0 Å². The fourth-order valence-corrected chi connectivity index (χ4v) is 3.42. The lowest BCUT2D eigenvalue weighted by atomic mass is 9.92. The number of halogens is 1. The number of hydrogen-bond acceptors (Lipinski definition) is 6. The molecule has 0 aliphatic carbocycles. The Labute approximate surface area is 178 Å². The molecule has 2 N–H and O–H groups in total. The zero-order valence-corrected chi connectivity index (χ0v) is 17.2. The highest BCUT2D eigenvalue weighted by Gasteiger charge is 2.22. The number of nitrogens with one attached hydrogen (secondary N) is 2. The molecular formula is C22H22FN5O3. The van der Waals surface area contributed by atoms with Gasteiger partial charge in [0.1, 0.15) is 12.4 Å². The number of aromatic nitrogens is 2. The standard InChI is InChI=1S/C22H22FN5O3/c1-28(2)8-3-9-31-22(30)27-21-25-17-7-4-13(10-18(17)26-21)20-16-11-14(23)5-6-15(16)19(29)12-24-20/h4-7,10-11H,3,8-9,12H2,1-2H3,(H2,25,26,27,30). The summed E-state index contributed by atoms with van der Waals surface area (Å²) >= 11 is 0. The Kier molecular flexibility index (Phi) is 5.77. The van der Waals surface area contributed by atoms with Gasteiger partial charge < -0.3 is 14.6 Å². The average Bonchev–Trinajstić information content (AvgIpc) is 3.12. The summed E-state index contributed by atoms with van der Waals surface area (Å²) in [5, 5.41) is 2.58. The van der Waals surface area contributed by atoms with Crippen LogP contribution in [-0.2, 0) is 4.74 Å². The largest absolute Gasteiger partial charge is 0.449 e. The monoisotopic (exact) mass is 423 g/mol. The molecule has 0 radical (unpaired) electrons. The summed E-state index contributed by atoms with van der Waals surface area (Å²) < 4.78 is 19.0. The molecule has 0 spiro atoms. The van der Waals surface area contributed by atoms with Crippen LogP contribution in [-0.4, -0.2) is 66.2 Å². The fourth-order valence-electron chi connectivity index (χ4n) is 3.42. The summed E-state index contributed by atoms with van der Waals surface area (Å²) in [4.78, 5) is 37.8. The quantitative estimate of drug-likeness (QED) is 0.593. The van der Waals surface area contributed by atoms with E-state index in [2.05, 4.69) is 20.3 Å². The topological polar surface area (TPSA) is 99.7 Å². The molecule has 0 saturated carbocycles. The fraction of sp³-hybridized carbons (Fsp3) is 0.273. The zero-order chi connectivity index (χ0) is 22.0.